The Bertz CT molecular complexity index is 600. The summed E-state index contributed by atoms with van der Waals surface area (Å²) in [4.78, 5) is 30.1. The zero-order valence-electron chi connectivity index (χ0n) is 12.3. The van der Waals surface area contributed by atoms with Gasteiger partial charge in [0.05, 0.1) is 12.1 Å². The molecule has 0 unspecified atom stereocenters. The first kappa shape index (κ1) is 17.5. The van der Waals surface area contributed by atoms with Gasteiger partial charge in [-0.25, -0.2) is 4.98 Å². The first-order valence-corrected chi connectivity index (χ1v) is 7.88. The lowest BCUT2D eigenvalue weighted by molar-refractivity contribution is -0.159. The second-order valence-electron chi connectivity index (χ2n) is 5.13. The lowest BCUT2D eigenvalue weighted by Gasteiger charge is -2.22. The maximum Gasteiger partial charge on any atom is 0.406 e. The Hall–Kier alpha value is -1.90. The quantitative estimate of drug-likeness (QED) is 0.743. The van der Waals surface area contributed by atoms with E-state index >= 15 is 0 Å². The van der Waals surface area contributed by atoms with Crippen LogP contribution in [0, 0.1) is 0 Å². The summed E-state index contributed by atoms with van der Waals surface area (Å²) in [6, 6.07) is 0. The number of amides is 2. The van der Waals surface area contributed by atoms with Gasteiger partial charge < -0.3 is 4.90 Å². The summed E-state index contributed by atoms with van der Waals surface area (Å²) in [5.41, 5.74) is 0.367. The summed E-state index contributed by atoms with van der Waals surface area (Å²) < 4.78 is 37.5. The van der Waals surface area contributed by atoms with Crippen molar-refractivity contribution in [1.82, 2.24) is 9.88 Å². The van der Waals surface area contributed by atoms with Gasteiger partial charge in [-0.05, 0) is 6.42 Å². The van der Waals surface area contributed by atoms with Gasteiger partial charge in [-0.2, -0.15) is 13.2 Å². The highest BCUT2D eigenvalue weighted by Gasteiger charge is 2.32. The van der Waals surface area contributed by atoms with E-state index in [0.717, 1.165) is 6.42 Å². The van der Waals surface area contributed by atoms with E-state index in [4.69, 9.17) is 0 Å². The molecule has 2 rings (SSSR count). The number of aromatic nitrogens is 1. The Balaban J connectivity index is 2.02. The van der Waals surface area contributed by atoms with Crippen molar-refractivity contribution in [3.63, 3.8) is 0 Å². The average Bonchev–Trinajstić information content (AvgIpc) is 3.05. The molecular weight excluding hydrogens is 331 g/mol. The molecule has 0 spiro atoms. The number of nitrogens with zero attached hydrogens (tertiary/aromatic N) is 3. The fraction of sp³-hybridized carbons (Fsp3) is 0.500. The van der Waals surface area contributed by atoms with Gasteiger partial charge in [0, 0.05) is 24.9 Å². The fourth-order valence-electron chi connectivity index (χ4n) is 2.25. The summed E-state index contributed by atoms with van der Waals surface area (Å²) in [6.45, 7) is 2.44. The number of hydrogen-bond donors (Lipinski definition) is 0. The molecule has 0 N–H and O–H groups in total. The molecule has 126 valence electrons. The van der Waals surface area contributed by atoms with Crippen LogP contribution in [-0.2, 0) is 16.0 Å². The first-order valence-electron chi connectivity index (χ1n) is 7.00. The van der Waals surface area contributed by atoms with Crippen LogP contribution < -0.4 is 4.90 Å². The largest absolute Gasteiger partial charge is 0.406 e. The molecule has 1 aromatic heterocycles. The molecular formula is C14H16F3N3O2S. The van der Waals surface area contributed by atoms with Crippen LogP contribution in [0.15, 0.2) is 18.0 Å². The summed E-state index contributed by atoms with van der Waals surface area (Å²) in [5.74, 6) is -0.700. The number of alkyl halides is 3. The van der Waals surface area contributed by atoms with Crippen molar-refractivity contribution >= 4 is 28.3 Å². The minimum atomic E-state index is -4.46. The van der Waals surface area contributed by atoms with Crippen LogP contribution in [0.2, 0.25) is 0 Å². The maximum absolute atomic E-state index is 12.5. The van der Waals surface area contributed by atoms with Gasteiger partial charge in [-0.3, -0.25) is 14.5 Å². The van der Waals surface area contributed by atoms with E-state index in [0.29, 0.717) is 28.7 Å². The van der Waals surface area contributed by atoms with Crippen LogP contribution in [-0.4, -0.2) is 47.5 Å². The van der Waals surface area contributed by atoms with Crippen LogP contribution in [0.25, 0.3) is 0 Å². The summed E-state index contributed by atoms with van der Waals surface area (Å²) >= 11 is 1.21. The molecule has 0 aliphatic carbocycles. The van der Waals surface area contributed by atoms with E-state index in [1.807, 2.05) is 0 Å². The van der Waals surface area contributed by atoms with Crippen molar-refractivity contribution in [2.45, 2.75) is 25.4 Å². The third-order valence-corrected chi connectivity index (χ3v) is 4.16. The lowest BCUT2D eigenvalue weighted by Crippen LogP contribution is -2.39. The van der Waals surface area contributed by atoms with Crippen LogP contribution in [0.4, 0.5) is 18.3 Å². The number of carbonyl (C=O) groups excluding carboxylic acids is 2. The zero-order chi connectivity index (χ0) is 17.0. The summed E-state index contributed by atoms with van der Waals surface area (Å²) in [6.07, 6.45) is -2.23. The molecule has 1 aliphatic heterocycles. The Kier molecular flexibility index (Phi) is 5.40. The smallest absolute Gasteiger partial charge is 0.330 e. The normalized spacial score (nSPS) is 15.1. The third-order valence-electron chi connectivity index (χ3n) is 3.25. The van der Waals surface area contributed by atoms with Gasteiger partial charge in [0.1, 0.15) is 6.54 Å². The van der Waals surface area contributed by atoms with Crippen molar-refractivity contribution in [3.8, 4) is 0 Å². The second-order valence-corrected chi connectivity index (χ2v) is 5.96. The van der Waals surface area contributed by atoms with E-state index in [1.54, 1.807) is 5.38 Å². The molecule has 0 bridgehead atoms. The van der Waals surface area contributed by atoms with Crippen LogP contribution in [0.5, 0.6) is 0 Å². The Labute approximate surface area is 135 Å². The lowest BCUT2D eigenvalue weighted by atomic mass is 10.3. The Morgan fingerprint density at radius 1 is 1.52 bits per heavy atom. The molecule has 9 heteroatoms. The zero-order valence-corrected chi connectivity index (χ0v) is 13.1. The van der Waals surface area contributed by atoms with Crippen LogP contribution in [0.1, 0.15) is 18.5 Å². The van der Waals surface area contributed by atoms with Gasteiger partial charge >= 0.3 is 6.18 Å². The first-order chi connectivity index (χ1) is 10.8. The molecule has 1 fully saturated rings. The second kappa shape index (κ2) is 7.12. The monoisotopic (exact) mass is 347 g/mol. The molecule has 0 radical (unpaired) electrons. The molecule has 1 aromatic rings. The van der Waals surface area contributed by atoms with Gasteiger partial charge in [0.2, 0.25) is 11.8 Å². The number of anilines is 1. The van der Waals surface area contributed by atoms with E-state index in [2.05, 4.69) is 11.6 Å². The SMILES string of the molecule is C=CCN(CC(F)(F)F)C(=O)Cc1csc(N2CCCC2=O)n1. The molecule has 1 aliphatic rings. The highest BCUT2D eigenvalue weighted by molar-refractivity contribution is 7.14. The molecule has 0 saturated carbocycles. The molecule has 2 heterocycles. The van der Waals surface area contributed by atoms with Crippen molar-refractivity contribution in [1.29, 1.82) is 0 Å². The number of rotatable bonds is 6. The number of carbonyl (C=O) groups is 2. The predicted molar refractivity (Wildman–Crippen MR) is 80.2 cm³/mol. The van der Waals surface area contributed by atoms with E-state index in [1.165, 1.54) is 22.3 Å². The van der Waals surface area contributed by atoms with Crippen LogP contribution in [0.3, 0.4) is 0 Å². The van der Waals surface area contributed by atoms with E-state index < -0.39 is 18.6 Å². The topological polar surface area (TPSA) is 53.5 Å². The fourth-order valence-corrected chi connectivity index (χ4v) is 3.11. The summed E-state index contributed by atoms with van der Waals surface area (Å²) in [5, 5.41) is 2.08. The standard InChI is InChI=1S/C14H16F3N3O2S/c1-2-5-19(9-14(15,16)17)12(22)7-10-8-23-13(18-10)20-6-3-4-11(20)21/h2,8H,1,3-7,9H2. The molecule has 0 atom stereocenters. The van der Waals surface area contributed by atoms with Gasteiger partial charge in [0.25, 0.3) is 0 Å². The molecule has 1 saturated heterocycles. The Morgan fingerprint density at radius 2 is 2.26 bits per heavy atom. The minimum absolute atomic E-state index is 0.0254. The Morgan fingerprint density at radius 3 is 2.83 bits per heavy atom. The van der Waals surface area contributed by atoms with Gasteiger partial charge in [-0.1, -0.05) is 6.08 Å². The van der Waals surface area contributed by atoms with Crippen LogP contribution >= 0.6 is 11.3 Å². The molecule has 2 amide bonds. The van der Waals surface area contributed by atoms with E-state index in [-0.39, 0.29) is 18.9 Å². The highest BCUT2D eigenvalue weighted by atomic mass is 32.1. The number of hydrogen-bond acceptors (Lipinski definition) is 4. The highest BCUT2D eigenvalue weighted by Crippen LogP contribution is 2.26. The number of thiazole rings is 1. The van der Waals surface area contributed by atoms with Gasteiger partial charge in [0.15, 0.2) is 5.13 Å². The predicted octanol–water partition coefficient (Wildman–Crippen LogP) is 2.39. The van der Waals surface area contributed by atoms with Gasteiger partial charge in [-0.15, -0.1) is 17.9 Å². The minimum Gasteiger partial charge on any atom is -0.330 e. The van der Waals surface area contributed by atoms with Crippen molar-refractivity contribution < 1.29 is 22.8 Å². The average molecular weight is 347 g/mol. The van der Waals surface area contributed by atoms with Crippen molar-refractivity contribution in [2.75, 3.05) is 24.5 Å². The maximum atomic E-state index is 12.5. The number of halogens is 3. The molecule has 23 heavy (non-hydrogen) atoms. The van der Waals surface area contributed by atoms with E-state index in [9.17, 15) is 22.8 Å². The van der Waals surface area contributed by atoms with Crippen molar-refractivity contribution in [2.24, 2.45) is 0 Å². The third kappa shape index (κ3) is 4.78. The molecule has 0 aromatic carbocycles. The van der Waals surface area contributed by atoms with Crippen molar-refractivity contribution in [3.05, 3.63) is 23.7 Å². The molecule has 5 nitrogen and oxygen atoms in total. The summed E-state index contributed by atoms with van der Waals surface area (Å²) in [7, 11) is 0.